The van der Waals surface area contributed by atoms with Crippen LogP contribution < -0.4 is 5.32 Å². The number of carbonyl (C=O) groups excluding carboxylic acids is 1. The number of carbonyl (C=O) groups is 1. The molecule has 24 heavy (non-hydrogen) atoms. The Kier molecular flexibility index (Phi) is 4.64. The van der Waals surface area contributed by atoms with Gasteiger partial charge < -0.3 is 9.84 Å². The minimum Gasteiger partial charge on any atom is -0.350 e. The minimum atomic E-state index is -0.0647. The van der Waals surface area contributed by atoms with Crippen LogP contribution in [0.25, 0.3) is 11.6 Å². The van der Waals surface area contributed by atoms with Crippen LogP contribution in [0.4, 0.5) is 0 Å². The van der Waals surface area contributed by atoms with Crippen molar-refractivity contribution < 1.29 is 9.32 Å². The van der Waals surface area contributed by atoms with E-state index >= 15 is 0 Å². The third kappa shape index (κ3) is 3.65. The number of aromatic nitrogens is 5. The molecule has 0 unspecified atom stereocenters. The topological polar surface area (TPSA) is 110 Å². The SMILES string of the molecule is Cc1ccccc1[C@@H](C)NC(=O)CCc1nc(-c2ncn[nH]2)no1. The monoisotopic (exact) mass is 326 g/mol. The van der Waals surface area contributed by atoms with Crippen LogP contribution in [0, 0.1) is 6.92 Å². The number of hydrogen-bond acceptors (Lipinski definition) is 6. The summed E-state index contributed by atoms with van der Waals surface area (Å²) in [6.45, 7) is 4.00. The summed E-state index contributed by atoms with van der Waals surface area (Å²) in [7, 11) is 0. The van der Waals surface area contributed by atoms with Gasteiger partial charge in [0.2, 0.25) is 17.6 Å². The highest BCUT2D eigenvalue weighted by atomic mass is 16.5. The summed E-state index contributed by atoms with van der Waals surface area (Å²) in [6.07, 6.45) is 2.01. The van der Waals surface area contributed by atoms with Gasteiger partial charge in [0.1, 0.15) is 6.33 Å². The normalized spacial score (nSPS) is 12.1. The highest BCUT2D eigenvalue weighted by Gasteiger charge is 2.14. The first-order valence-electron chi connectivity index (χ1n) is 7.66. The smallest absolute Gasteiger partial charge is 0.239 e. The molecule has 0 aliphatic rings. The number of nitrogens with one attached hydrogen (secondary N) is 2. The number of benzene rings is 1. The molecule has 3 rings (SSSR count). The Balaban J connectivity index is 1.53. The van der Waals surface area contributed by atoms with Crippen LogP contribution in [0.2, 0.25) is 0 Å². The summed E-state index contributed by atoms with van der Waals surface area (Å²) in [5.74, 6) is 1.09. The summed E-state index contributed by atoms with van der Waals surface area (Å²) in [5, 5.41) is 13.2. The zero-order valence-corrected chi connectivity index (χ0v) is 13.5. The maximum absolute atomic E-state index is 12.1. The second-order valence-corrected chi connectivity index (χ2v) is 5.49. The first-order chi connectivity index (χ1) is 11.6. The standard InChI is InChI=1S/C16H18N6O2/c1-10-5-3-4-6-12(10)11(2)19-13(23)7-8-14-20-16(22-24-14)15-17-9-18-21-15/h3-6,9,11H,7-8H2,1-2H3,(H,19,23)(H,17,18,21)/t11-/m1/s1. The van der Waals surface area contributed by atoms with E-state index in [1.54, 1.807) is 0 Å². The molecule has 124 valence electrons. The number of aryl methyl sites for hydroxylation is 2. The number of aromatic amines is 1. The van der Waals surface area contributed by atoms with Crippen LogP contribution in [0.1, 0.15) is 36.4 Å². The highest BCUT2D eigenvalue weighted by Crippen LogP contribution is 2.17. The average Bonchev–Trinajstić information content (AvgIpc) is 3.24. The second-order valence-electron chi connectivity index (χ2n) is 5.49. The van der Waals surface area contributed by atoms with E-state index in [-0.39, 0.29) is 18.4 Å². The molecule has 1 aromatic carbocycles. The molecule has 2 N–H and O–H groups in total. The fraction of sp³-hybridized carbons (Fsp3) is 0.312. The summed E-state index contributed by atoms with van der Waals surface area (Å²) in [5.41, 5.74) is 2.26. The van der Waals surface area contributed by atoms with Crippen molar-refractivity contribution in [2.24, 2.45) is 0 Å². The lowest BCUT2D eigenvalue weighted by atomic mass is 10.0. The molecule has 1 atom stereocenters. The molecule has 0 aliphatic heterocycles. The lowest BCUT2D eigenvalue weighted by Gasteiger charge is -2.16. The van der Waals surface area contributed by atoms with Crippen LogP contribution in [0.3, 0.4) is 0 Å². The molecule has 0 saturated carbocycles. The molecular formula is C16H18N6O2. The molecule has 2 aromatic heterocycles. The van der Waals surface area contributed by atoms with Crippen molar-refractivity contribution in [2.75, 3.05) is 0 Å². The zero-order chi connectivity index (χ0) is 16.9. The Bertz CT molecular complexity index is 812. The fourth-order valence-corrected chi connectivity index (χ4v) is 2.45. The van der Waals surface area contributed by atoms with E-state index in [4.69, 9.17) is 4.52 Å². The van der Waals surface area contributed by atoms with Crippen LogP contribution in [0.15, 0.2) is 35.1 Å². The molecule has 0 bridgehead atoms. The lowest BCUT2D eigenvalue weighted by molar-refractivity contribution is -0.121. The van der Waals surface area contributed by atoms with E-state index in [2.05, 4.69) is 30.6 Å². The van der Waals surface area contributed by atoms with E-state index in [1.807, 2.05) is 38.1 Å². The molecule has 2 heterocycles. The molecule has 0 saturated heterocycles. The molecule has 0 aliphatic carbocycles. The van der Waals surface area contributed by atoms with E-state index in [0.29, 0.717) is 24.0 Å². The first-order valence-corrected chi connectivity index (χ1v) is 7.66. The van der Waals surface area contributed by atoms with E-state index in [9.17, 15) is 4.79 Å². The van der Waals surface area contributed by atoms with Crippen molar-refractivity contribution in [2.45, 2.75) is 32.7 Å². The predicted octanol–water partition coefficient (Wildman–Crippen LogP) is 1.97. The summed E-state index contributed by atoms with van der Waals surface area (Å²) in [4.78, 5) is 20.2. The van der Waals surface area contributed by atoms with Crippen molar-refractivity contribution >= 4 is 5.91 Å². The van der Waals surface area contributed by atoms with Crippen molar-refractivity contribution in [3.05, 3.63) is 47.6 Å². The third-order valence-corrected chi connectivity index (χ3v) is 3.69. The van der Waals surface area contributed by atoms with Gasteiger partial charge in [-0.15, -0.1) is 0 Å². The molecule has 3 aromatic rings. The van der Waals surface area contributed by atoms with E-state index < -0.39 is 0 Å². The molecular weight excluding hydrogens is 308 g/mol. The third-order valence-electron chi connectivity index (χ3n) is 3.69. The van der Waals surface area contributed by atoms with Gasteiger partial charge in [-0.2, -0.15) is 10.1 Å². The van der Waals surface area contributed by atoms with Crippen molar-refractivity contribution in [3.8, 4) is 11.6 Å². The predicted molar refractivity (Wildman–Crippen MR) is 85.7 cm³/mol. The maximum atomic E-state index is 12.1. The van der Waals surface area contributed by atoms with E-state index in [0.717, 1.165) is 11.1 Å². The van der Waals surface area contributed by atoms with Crippen molar-refractivity contribution in [3.63, 3.8) is 0 Å². The van der Waals surface area contributed by atoms with Gasteiger partial charge in [0.05, 0.1) is 6.04 Å². The summed E-state index contributed by atoms with van der Waals surface area (Å²) >= 11 is 0. The van der Waals surface area contributed by atoms with Gasteiger partial charge in [-0.05, 0) is 25.0 Å². The van der Waals surface area contributed by atoms with Crippen molar-refractivity contribution in [1.29, 1.82) is 0 Å². The highest BCUT2D eigenvalue weighted by molar-refractivity contribution is 5.76. The minimum absolute atomic E-state index is 0.0499. The van der Waals surface area contributed by atoms with Gasteiger partial charge in [-0.25, -0.2) is 4.98 Å². The number of H-pyrrole nitrogens is 1. The summed E-state index contributed by atoms with van der Waals surface area (Å²) in [6, 6.07) is 7.94. The van der Waals surface area contributed by atoms with Crippen LogP contribution >= 0.6 is 0 Å². The van der Waals surface area contributed by atoms with Gasteiger partial charge in [-0.3, -0.25) is 9.89 Å². The number of nitrogens with zero attached hydrogens (tertiary/aromatic N) is 4. The number of hydrogen-bond donors (Lipinski definition) is 2. The average molecular weight is 326 g/mol. The Morgan fingerprint density at radius 2 is 2.21 bits per heavy atom. The van der Waals surface area contributed by atoms with Gasteiger partial charge in [0, 0.05) is 12.8 Å². The molecule has 0 radical (unpaired) electrons. The van der Waals surface area contributed by atoms with Crippen LogP contribution in [-0.4, -0.2) is 31.2 Å². The van der Waals surface area contributed by atoms with Crippen LogP contribution in [-0.2, 0) is 11.2 Å². The van der Waals surface area contributed by atoms with E-state index in [1.165, 1.54) is 6.33 Å². The Morgan fingerprint density at radius 3 is 2.96 bits per heavy atom. The molecule has 0 spiro atoms. The lowest BCUT2D eigenvalue weighted by Crippen LogP contribution is -2.27. The molecule has 8 nitrogen and oxygen atoms in total. The van der Waals surface area contributed by atoms with Gasteiger partial charge >= 0.3 is 0 Å². The second kappa shape index (κ2) is 7.03. The van der Waals surface area contributed by atoms with Crippen LogP contribution in [0.5, 0.6) is 0 Å². The Labute approximate surface area is 138 Å². The van der Waals surface area contributed by atoms with Gasteiger partial charge in [-0.1, -0.05) is 29.4 Å². The Morgan fingerprint density at radius 1 is 1.38 bits per heavy atom. The largest absolute Gasteiger partial charge is 0.350 e. The molecule has 8 heteroatoms. The van der Waals surface area contributed by atoms with Gasteiger partial charge in [0.25, 0.3) is 0 Å². The molecule has 1 amide bonds. The fourth-order valence-electron chi connectivity index (χ4n) is 2.45. The number of rotatable bonds is 6. The van der Waals surface area contributed by atoms with Gasteiger partial charge in [0.15, 0.2) is 5.82 Å². The summed E-state index contributed by atoms with van der Waals surface area (Å²) < 4.78 is 5.12. The Hall–Kier alpha value is -3.03. The maximum Gasteiger partial charge on any atom is 0.239 e. The first kappa shape index (κ1) is 15.9. The molecule has 0 fully saturated rings. The number of amides is 1. The van der Waals surface area contributed by atoms with Crippen molar-refractivity contribution in [1.82, 2.24) is 30.6 Å². The zero-order valence-electron chi connectivity index (χ0n) is 13.5. The quantitative estimate of drug-likeness (QED) is 0.716.